The predicted molar refractivity (Wildman–Crippen MR) is 110 cm³/mol. The molecule has 1 aliphatic heterocycles. The zero-order chi connectivity index (χ0) is 19.7. The average Bonchev–Trinajstić information content (AvgIpc) is 3.13. The zero-order valence-corrected chi connectivity index (χ0v) is 16.6. The molecule has 0 bridgehead atoms. The van der Waals surface area contributed by atoms with Gasteiger partial charge in [-0.25, -0.2) is 4.68 Å². The van der Waals surface area contributed by atoms with Gasteiger partial charge in [-0.15, -0.1) is 0 Å². The summed E-state index contributed by atoms with van der Waals surface area (Å²) < 4.78 is 7.46. The molecule has 28 heavy (non-hydrogen) atoms. The topological polar surface area (TPSA) is 47.4 Å². The van der Waals surface area contributed by atoms with Crippen molar-refractivity contribution in [3.63, 3.8) is 0 Å². The summed E-state index contributed by atoms with van der Waals surface area (Å²) in [4.78, 5) is 15.2. The predicted octanol–water partition coefficient (Wildman–Crippen LogP) is 4.44. The van der Waals surface area contributed by atoms with Crippen LogP contribution < -0.4 is 0 Å². The van der Waals surface area contributed by atoms with Gasteiger partial charge in [0.05, 0.1) is 23.6 Å². The normalized spacial score (nSPS) is 19.6. The highest BCUT2D eigenvalue weighted by atomic mass is 35.5. The van der Waals surface area contributed by atoms with E-state index in [2.05, 4.69) is 0 Å². The van der Waals surface area contributed by atoms with Crippen LogP contribution in [-0.2, 0) is 4.74 Å². The second-order valence-electron chi connectivity index (χ2n) is 7.14. The Morgan fingerprint density at radius 2 is 1.75 bits per heavy atom. The fraction of sp³-hybridized carbons (Fsp3) is 0.273. The number of halogens is 1. The lowest BCUT2D eigenvalue weighted by molar-refractivity contribution is -0.0588. The molecular weight excluding hydrogens is 374 g/mol. The Bertz CT molecular complexity index is 976. The van der Waals surface area contributed by atoms with E-state index in [1.165, 1.54) is 0 Å². The molecular formula is C22H22ClN3O2. The van der Waals surface area contributed by atoms with Gasteiger partial charge in [0.15, 0.2) is 0 Å². The smallest absolute Gasteiger partial charge is 0.272 e. The number of rotatable bonds is 3. The Morgan fingerprint density at radius 3 is 2.43 bits per heavy atom. The highest BCUT2D eigenvalue weighted by molar-refractivity contribution is 6.30. The average molecular weight is 396 g/mol. The van der Waals surface area contributed by atoms with Crippen LogP contribution >= 0.6 is 11.6 Å². The molecule has 4 rings (SSSR count). The molecule has 2 atom stereocenters. The Balaban J connectivity index is 1.78. The summed E-state index contributed by atoms with van der Waals surface area (Å²) in [5.41, 5.74) is 2.98. The number of ether oxygens (including phenoxy) is 1. The quantitative estimate of drug-likeness (QED) is 0.658. The van der Waals surface area contributed by atoms with Gasteiger partial charge in [0, 0.05) is 23.7 Å². The zero-order valence-electron chi connectivity index (χ0n) is 15.9. The van der Waals surface area contributed by atoms with Crippen molar-refractivity contribution in [2.24, 2.45) is 0 Å². The van der Waals surface area contributed by atoms with Crippen molar-refractivity contribution in [3.05, 3.63) is 71.4 Å². The third-order valence-corrected chi connectivity index (χ3v) is 4.99. The van der Waals surface area contributed by atoms with Crippen LogP contribution in [0.2, 0.25) is 5.02 Å². The van der Waals surface area contributed by atoms with E-state index in [0.717, 1.165) is 16.9 Å². The van der Waals surface area contributed by atoms with Gasteiger partial charge in [0.25, 0.3) is 5.91 Å². The first kappa shape index (κ1) is 18.7. The van der Waals surface area contributed by atoms with Gasteiger partial charge in [0.1, 0.15) is 5.69 Å². The van der Waals surface area contributed by atoms with Crippen LogP contribution in [0.5, 0.6) is 0 Å². The summed E-state index contributed by atoms with van der Waals surface area (Å²) in [6, 6.07) is 19.1. The fourth-order valence-corrected chi connectivity index (χ4v) is 3.78. The number of amides is 1. The molecule has 2 heterocycles. The van der Waals surface area contributed by atoms with Crippen molar-refractivity contribution in [2.45, 2.75) is 26.1 Å². The van der Waals surface area contributed by atoms with Crippen LogP contribution in [0.25, 0.3) is 16.9 Å². The van der Waals surface area contributed by atoms with Gasteiger partial charge in [-0.2, -0.15) is 5.10 Å². The number of morpholine rings is 1. The molecule has 0 aliphatic carbocycles. The van der Waals surface area contributed by atoms with E-state index in [4.69, 9.17) is 21.4 Å². The third-order valence-electron chi connectivity index (χ3n) is 4.76. The highest BCUT2D eigenvalue weighted by Crippen LogP contribution is 2.25. The summed E-state index contributed by atoms with van der Waals surface area (Å²) in [5.74, 6) is -0.0587. The largest absolute Gasteiger partial charge is 0.372 e. The molecule has 6 heteroatoms. The van der Waals surface area contributed by atoms with Crippen molar-refractivity contribution in [1.29, 1.82) is 0 Å². The maximum atomic E-state index is 13.4. The molecule has 5 nitrogen and oxygen atoms in total. The van der Waals surface area contributed by atoms with Gasteiger partial charge >= 0.3 is 0 Å². The molecule has 1 aromatic heterocycles. The van der Waals surface area contributed by atoms with Crippen LogP contribution in [0.3, 0.4) is 0 Å². The molecule has 1 fully saturated rings. The number of carbonyl (C=O) groups is 1. The minimum absolute atomic E-state index is 0.00355. The van der Waals surface area contributed by atoms with E-state index in [1.807, 2.05) is 73.3 Å². The number of carbonyl (C=O) groups excluding carboxylic acids is 1. The minimum atomic E-state index is -0.0587. The molecule has 1 saturated heterocycles. The molecule has 1 aliphatic rings. The molecule has 0 N–H and O–H groups in total. The maximum absolute atomic E-state index is 13.4. The second kappa shape index (κ2) is 7.78. The van der Waals surface area contributed by atoms with Crippen LogP contribution in [-0.4, -0.2) is 45.9 Å². The first-order chi connectivity index (χ1) is 13.5. The van der Waals surface area contributed by atoms with Crippen molar-refractivity contribution < 1.29 is 9.53 Å². The van der Waals surface area contributed by atoms with Crippen molar-refractivity contribution in [3.8, 4) is 16.9 Å². The summed E-state index contributed by atoms with van der Waals surface area (Å²) in [7, 11) is 0. The lowest BCUT2D eigenvalue weighted by Gasteiger charge is -2.35. The maximum Gasteiger partial charge on any atom is 0.272 e. The van der Waals surface area contributed by atoms with Gasteiger partial charge in [-0.1, -0.05) is 48.0 Å². The van der Waals surface area contributed by atoms with Gasteiger partial charge in [-0.3, -0.25) is 4.79 Å². The van der Waals surface area contributed by atoms with Crippen LogP contribution in [0.1, 0.15) is 24.3 Å². The molecule has 144 valence electrons. The SMILES string of the molecule is CC1CN(C(=O)c2cc(-c3ccccc3)nn2-c2cccc(Cl)c2)CC(C)O1. The Hall–Kier alpha value is -2.63. The van der Waals surface area contributed by atoms with Crippen LogP contribution in [0, 0.1) is 0 Å². The molecule has 0 spiro atoms. The second-order valence-corrected chi connectivity index (χ2v) is 7.58. The molecule has 0 saturated carbocycles. The standard InChI is InChI=1S/C22H22ClN3O2/c1-15-13-25(14-16(2)28-15)22(27)21-12-20(17-7-4-3-5-8-17)24-26(21)19-10-6-9-18(23)11-19/h3-12,15-16H,13-14H2,1-2H3. The number of hydrogen-bond acceptors (Lipinski definition) is 3. The number of benzene rings is 2. The Labute approximate surface area is 169 Å². The monoisotopic (exact) mass is 395 g/mol. The van der Waals surface area contributed by atoms with E-state index < -0.39 is 0 Å². The molecule has 0 radical (unpaired) electrons. The first-order valence-electron chi connectivity index (χ1n) is 9.37. The lowest BCUT2D eigenvalue weighted by Crippen LogP contribution is -2.48. The molecule has 1 amide bonds. The van der Waals surface area contributed by atoms with Crippen LogP contribution in [0.15, 0.2) is 60.7 Å². The van der Waals surface area contributed by atoms with Gasteiger partial charge in [-0.05, 0) is 38.1 Å². The van der Waals surface area contributed by atoms with Crippen LogP contribution in [0.4, 0.5) is 0 Å². The number of aromatic nitrogens is 2. The minimum Gasteiger partial charge on any atom is -0.372 e. The fourth-order valence-electron chi connectivity index (χ4n) is 3.59. The van der Waals surface area contributed by atoms with Gasteiger partial charge < -0.3 is 9.64 Å². The van der Waals surface area contributed by atoms with E-state index in [-0.39, 0.29) is 18.1 Å². The van der Waals surface area contributed by atoms with Crippen molar-refractivity contribution >= 4 is 17.5 Å². The molecule has 2 aromatic carbocycles. The van der Waals surface area contributed by atoms with E-state index >= 15 is 0 Å². The number of nitrogens with zero attached hydrogens (tertiary/aromatic N) is 3. The van der Waals surface area contributed by atoms with E-state index in [1.54, 1.807) is 10.7 Å². The highest BCUT2D eigenvalue weighted by Gasteiger charge is 2.29. The Morgan fingerprint density at radius 1 is 1.04 bits per heavy atom. The van der Waals surface area contributed by atoms with E-state index in [9.17, 15) is 4.79 Å². The molecule has 2 unspecified atom stereocenters. The van der Waals surface area contributed by atoms with Crippen molar-refractivity contribution in [2.75, 3.05) is 13.1 Å². The summed E-state index contributed by atoms with van der Waals surface area (Å²) in [6.07, 6.45) is 0.00710. The molecule has 3 aromatic rings. The summed E-state index contributed by atoms with van der Waals surface area (Å²) >= 11 is 6.18. The van der Waals surface area contributed by atoms with E-state index in [0.29, 0.717) is 23.8 Å². The van der Waals surface area contributed by atoms with Crippen molar-refractivity contribution in [1.82, 2.24) is 14.7 Å². The summed E-state index contributed by atoms with van der Waals surface area (Å²) in [6.45, 7) is 5.09. The first-order valence-corrected chi connectivity index (χ1v) is 9.75. The lowest BCUT2D eigenvalue weighted by atomic mass is 10.1. The van der Waals surface area contributed by atoms with Gasteiger partial charge in [0.2, 0.25) is 0 Å². The Kier molecular flexibility index (Phi) is 5.20. The number of hydrogen-bond donors (Lipinski definition) is 0. The summed E-state index contributed by atoms with van der Waals surface area (Å²) in [5, 5.41) is 5.32. The third kappa shape index (κ3) is 3.81.